The molecule has 2 saturated heterocycles. The second-order valence-corrected chi connectivity index (χ2v) is 8.33. The second-order valence-electron chi connectivity index (χ2n) is 6.39. The number of rotatable bonds is 4. The summed E-state index contributed by atoms with van der Waals surface area (Å²) in [6.07, 6.45) is 4.83. The fourth-order valence-corrected chi connectivity index (χ4v) is 4.60. The molecule has 0 aliphatic carbocycles. The third-order valence-electron chi connectivity index (χ3n) is 4.77. The van der Waals surface area contributed by atoms with E-state index in [2.05, 4.69) is 19.9 Å². The number of hydrogen-bond donors (Lipinski definition) is 0. The Kier molecular flexibility index (Phi) is 5.19. The zero-order chi connectivity index (χ0) is 18.7. The van der Waals surface area contributed by atoms with Crippen molar-refractivity contribution >= 4 is 21.8 Å². The highest BCUT2D eigenvalue weighted by Gasteiger charge is 2.29. The largest absolute Gasteiger partial charge is 0.378 e. The number of nitrogens with zero attached hydrogens (tertiary/aromatic N) is 6. The van der Waals surface area contributed by atoms with Crippen LogP contribution in [0.5, 0.6) is 0 Å². The Morgan fingerprint density at radius 3 is 2.19 bits per heavy atom. The molecule has 0 radical (unpaired) electrons. The van der Waals surface area contributed by atoms with Crippen molar-refractivity contribution in [3.8, 4) is 0 Å². The van der Waals surface area contributed by atoms with E-state index in [4.69, 9.17) is 4.74 Å². The topological polar surface area (TPSA) is 91.8 Å². The summed E-state index contributed by atoms with van der Waals surface area (Å²) in [6.45, 7) is 4.77. The van der Waals surface area contributed by atoms with Gasteiger partial charge in [-0.1, -0.05) is 0 Å². The Morgan fingerprint density at radius 2 is 1.56 bits per heavy atom. The second kappa shape index (κ2) is 7.75. The van der Waals surface area contributed by atoms with Crippen molar-refractivity contribution in [3.63, 3.8) is 0 Å². The molecule has 0 unspecified atom stereocenters. The molecule has 0 N–H and O–H groups in total. The molecule has 0 saturated carbocycles. The van der Waals surface area contributed by atoms with Crippen LogP contribution in [0.15, 0.2) is 41.7 Å². The molecule has 4 heterocycles. The summed E-state index contributed by atoms with van der Waals surface area (Å²) in [5.41, 5.74) is 0. The average Bonchev–Trinajstić information content (AvgIpc) is 2.75. The number of aromatic nitrogens is 3. The molecular formula is C17H22N6O3S. The van der Waals surface area contributed by atoms with Crippen LogP contribution >= 0.6 is 0 Å². The predicted octanol–water partition coefficient (Wildman–Crippen LogP) is 0.219. The van der Waals surface area contributed by atoms with Gasteiger partial charge in [0.1, 0.15) is 10.7 Å². The fourth-order valence-electron chi connectivity index (χ4n) is 3.24. The van der Waals surface area contributed by atoms with Crippen molar-refractivity contribution in [2.45, 2.75) is 4.90 Å². The molecule has 9 nitrogen and oxygen atoms in total. The van der Waals surface area contributed by atoms with Gasteiger partial charge in [-0.2, -0.15) is 4.31 Å². The zero-order valence-electron chi connectivity index (χ0n) is 14.9. The molecule has 2 aromatic rings. The smallest absolute Gasteiger partial charge is 0.244 e. The van der Waals surface area contributed by atoms with Gasteiger partial charge >= 0.3 is 0 Å². The molecule has 0 bridgehead atoms. The molecular weight excluding hydrogens is 368 g/mol. The minimum absolute atomic E-state index is 0.226. The molecule has 2 fully saturated rings. The maximum absolute atomic E-state index is 12.9. The molecule has 0 amide bonds. The van der Waals surface area contributed by atoms with Crippen molar-refractivity contribution in [2.24, 2.45) is 0 Å². The first-order valence-corrected chi connectivity index (χ1v) is 10.4. The molecule has 2 aliphatic heterocycles. The van der Waals surface area contributed by atoms with Crippen LogP contribution in [0.4, 0.5) is 11.8 Å². The van der Waals surface area contributed by atoms with Gasteiger partial charge in [0.25, 0.3) is 0 Å². The van der Waals surface area contributed by atoms with Crippen LogP contribution in [-0.2, 0) is 14.8 Å². The van der Waals surface area contributed by atoms with E-state index in [0.29, 0.717) is 45.3 Å². The van der Waals surface area contributed by atoms with Gasteiger partial charge in [0.05, 0.1) is 13.2 Å². The van der Waals surface area contributed by atoms with Gasteiger partial charge in [-0.15, -0.1) is 0 Å². The summed E-state index contributed by atoms with van der Waals surface area (Å²) < 4.78 is 32.7. The Morgan fingerprint density at radius 1 is 0.852 bits per heavy atom. The zero-order valence-corrected chi connectivity index (χ0v) is 15.8. The molecule has 0 spiro atoms. The van der Waals surface area contributed by atoms with Crippen LogP contribution in [0.25, 0.3) is 0 Å². The van der Waals surface area contributed by atoms with Gasteiger partial charge in [-0.25, -0.2) is 23.4 Å². The lowest BCUT2D eigenvalue weighted by molar-refractivity contribution is 0.122. The minimum atomic E-state index is -3.55. The number of sulfonamides is 1. The van der Waals surface area contributed by atoms with Gasteiger partial charge in [0, 0.05) is 57.9 Å². The molecule has 2 aromatic heterocycles. The van der Waals surface area contributed by atoms with Gasteiger partial charge < -0.3 is 14.5 Å². The first kappa shape index (κ1) is 18.1. The van der Waals surface area contributed by atoms with Crippen molar-refractivity contribution in [1.82, 2.24) is 19.3 Å². The van der Waals surface area contributed by atoms with Crippen LogP contribution < -0.4 is 9.80 Å². The molecule has 4 rings (SSSR count). The first-order valence-electron chi connectivity index (χ1n) is 8.95. The predicted molar refractivity (Wildman–Crippen MR) is 100 cm³/mol. The molecule has 0 aromatic carbocycles. The maximum Gasteiger partial charge on any atom is 0.244 e. The molecule has 0 atom stereocenters. The fraction of sp³-hybridized carbons (Fsp3) is 0.471. The third-order valence-corrected chi connectivity index (χ3v) is 6.65. The Hall–Kier alpha value is -2.30. The quantitative estimate of drug-likeness (QED) is 0.732. The van der Waals surface area contributed by atoms with E-state index in [1.165, 1.54) is 10.5 Å². The Balaban J connectivity index is 1.42. The highest BCUT2D eigenvalue weighted by Crippen LogP contribution is 2.21. The monoisotopic (exact) mass is 390 g/mol. The highest BCUT2D eigenvalue weighted by molar-refractivity contribution is 7.89. The first-order chi connectivity index (χ1) is 13.1. The lowest BCUT2D eigenvalue weighted by Crippen LogP contribution is -2.49. The van der Waals surface area contributed by atoms with E-state index in [9.17, 15) is 8.42 Å². The van der Waals surface area contributed by atoms with Gasteiger partial charge in [0.2, 0.25) is 16.0 Å². The van der Waals surface area contributed by atoms with E-state index in [-0.39, 0.29) is 4.90 Å². The summed E-state index contributed by atoms with van der Waals surface area (Å²) in [5.74, 6) is 1.41. The van der Waals surface area contributed by atoms with Crippen molar-refractivity contribution in [2.75, 3.05) is 62.3 Å². The van der Waals surface area contributed by atoms with E-state index in [1.54, 1.807) is 30.6 Å². The normalized spacial score (nSPS) is 19.3. The van der Waals surface area contributed by atoms with E-state index < -0.39 is 10.0 Å². The minimum Gasteiger partial charge on any atom is -0.378 e. The van der Waals surface area contributed by atoms with Gasteiger partial charge in [-0.3, -0.25) is 0 Å². The summed E-state index contributed by atoms with van der Waals surface area (Å²) in [4.78, 5) is 17.1. The number of ether oxygens (including phenoxy) is 1. The van der Waals surface area contributed by atoms with Crippen LogP contribution in [0, 0.1) is 0 Å². The van der Waals surface area contributed by atoms with E-state index in [1.807, 2.05) is 4.90 Å². The summed E-state index contributed by atoms with van der Waals surface area (Å²) in [7, 11) is -3.55. The van der Waals surface area contributed by atoms with Crippen LogP contribution in [0.2, 0.25) is 0 Å². The van der Waals surface area contributed by atoms with Gasteiger partial charge in [-0.05, 0) is 18.2 Å². The average molecular weight is 390 g/mol. The van der Waals surface area contributed by atoms with Crippen molar-refractivity contribution < 1.29 is 13.2 Å². The molecule has 144 valence electrons. The number of morpholine rings is 1. The summed E-state index contributed by atoms with van der Waals surface area (Å²) in [5, 5.41) is 0. The van der Waals surface area contributed by atoms with Gasteiger partial charge in [0.15, 0.2) is 0 Å². The number of anilines is 2. The van der Waals surface area contributed by atoms with Crippen LogP contribution in [0.1, 0.15) is 0 Å². The van der Waals surface area contributed by atoms with E-state index in [0.717, 1.165) is 18.9 Å². The van der Waals surface area contributed by atoms with Crippen LogP contribution in [-0.4, -0.2) is 80.2 Å². The van der Waals surface area contributed by atoms with Crippen molar-refractivity contribution in [1.29, 1.82) is 0 Å². The number of hydrogen-bond acceptors (Lipinski definition) is 8. The molecule has 10 heteroatoms. The lowest BCUT2D eigenvalue weighted by atomic mass is 10.4. The highest BCUT2D eigenvalue weighted by atomic mass is 32.2. The summed E-state index contributed by atoms with van der Waals surface area (Å²) >= 11 is 0. The maximum atomic E-state index is 12.9. The number of piperazine rings is 1. The Bertz CT molecular complexity index is 848. The SMILES string of the molecule is O=S(=O)(c1ccc(N2CCOCC2)nc1)N1CCN(c2ncccn2)CC1. The lowest BCUT2D eigenvalue weighted by Gasteiger charge is -2.34. The molecule has 27 heavy (non-hydrogen) atoms. The summed E-state index contributed by atoms with van der Waals surface area (Å²) in [6, 6.07) is 5.17. The molecule has 2 aliphatic rings. The standard InChI is InChI=1S/C17H22N6O3S/c24-27(25,15-2-3-16(20-14-15)21-10-12-26-13-11-21)23-8-6-22(7-9-23)17-18-4-1-5-19-17/h1-5,14H,6-13H2. The van der Waals surface area contributed by atoms with Crippen LogP contribution in [0.3, 0.4) is 0 Å². The Labute approximate surface area is 158 Å². The van der Waals surface area contributed by atoms with E-state index >= 15 is 0 Å². The third kappa shape index (κ3) is 3.87. The number of pyridine rings is 1. The van der Waals surface area contributed by atoms with Crippen molar-refractivity contribution in [3.05, 3.63) is 36.8 Å².